The van der Waals surface area contributed by atoms with Crippen LogP contribution in [0, 0.1) is 5.92 Å². The van der Waals surface area contributed by atoms with E-state index in [1.165, 1.54) is 7.11 Å². The molecule has 3 atom stereocenters. The molecule has 0 unspecified atom stereocenters. The Bertz CT molecular complexity index is 275. The summed E-state index contributed by atoms with van der Waals surface area (Å²) >= 11 is 0. The Hall–Kier alpha value is -0.940. The summed E-state index contributed by atoms with van der Waals surface area (Å²) in [6, 6.07) is 0. The number of ether oxygens (including phenoxy) is 3. The van der Waals surface area contributed by atoms with Gasteiger partial charge in [-0.2, -0.15) is 0 Å². The zero-order valence-electron chi connectivity index (χ0n) is 12.1. The third-order valence-corrected chi connectivity index (χ3v) is 2.63. The minimum absolute atomic E-state index is 0.00231. The second-order valence-corrected chi connectivity index (χ2v) is 4.47. The predicted octanol–water partition coefficient (Wildman–Crippen LogP) is 1.93. The Balaban J connectivity index is 0.000000415. The van der Waals surface area contributed by atoms with E-state index in [2.05, 4.69) is 4.74 Å². The highest BCUT2D eigenvalue weighted by molar-refractivity contribution is 5.88. The van der Waals surface area contributed by atoms with Gasteiger partial charge in [0.05, 0.1) is 13.2 Å². The lowest BCUT2D eigenvalue weighted by Gasteiger charge is -2.18. The average molecular weight is 260 g/mol. The normalized spacial score (nSPS) is 31.4. The van der Waals surface area contributed by atoms with E-state index in [-0.39, 0.29) is 23.9 Å². The van der Waals surface area contributed by atoms with Crippen molar-refractivity contribution in [3.05, 3.63) is 0 Å². The van der Waals surface area contributed by atoms with Crippen LogP contribution in [0.5, 0.6) is 0 Å². The van der Waals surface area contributed by atoms with Crippen molar-refractivity contribution in [3.63, 3.8) is 0 Å². The van der Waals surface area contributed by atoms with E-state index in [0.29, 0.717) is 6.47 Å². The number of hydrogen-bond acceptors (Lipinski definition) is 5. The fraction of sp³-hybridized carbons (Fsp3) is 0.846. The van der Waals surface area contributed by atoms with Crippen LogP contribution in [0.1, 0.15) is 41.0 Å². The number of rotatable bonds is 1. The van der Waals surface area contributed by atoms with Gasteiger partial charge in [0.15, 0.2) is 11.6 Å². The highest BCUT2D eigenvalue weighted by Gasteiger charge is 2.51. The molecule has 2 aliphatic rings. The first-order valence-corrected chi connectivity index (χ1v) is 6.27. The molecule has 5 nitrogen and oxygen atoms in total. The molecule has 1 aliphatic carbocycles. The molecule has 106 valence electrons. The van der Waals surface area contributed by atoms with Crippen LogP contribution in [0.25, 0.3) is 0 Å². The molecule has 0 aromatic heterocycles. The van der Waals surface area contributed by atoms with E-state index in [0.717, 1.165) is 6.42 Å². The van der Waals surface area contributed by atoms with Crippen molar-refractivity contribution in [2.24, 2.45) is 5.92 Å². The van der Waals surface area contributed by atoms with Crippen LogP contribution in [-0.4, -0.2) is 37.4 Å². The van der Waals surface area contributed by atoms with Crippen molar-refractivity contribution >= 4 is 12.3 Å². The van der Waals surface area contributed by atoms with Gasteiger partial charge in [-0.05, 0) is 20.3 Å². The molecule has 0 aromatic carbocycles. The molecule has 1 saturated heterocycles. The molecule has 1 aliphatic heterocycles. The maximum atomic E-state index is 11.5. The molecule has 1 saturated carbocycles. The molecule has 0 N–H and O–H groups in total. The van der Waals surface area contributed by atoms with Gasteiger partial charge in [-0.25, -0.2) is 0 Å². The second kappa shape index (κ2) is 7.48. The molecule has 1 heterocycles. The standard InChI is InChI=1S/C9H14O3.C2H4O2.C2H6/c1-5-4-6-8(7(5)10)12-9(2,3)11-6;1-4-2-3;1-2/h5-6,8H,4H2,1-3H3;2H,1H3;1-2H3/t5-,6-,8-;;/m1../s1. The molecular formula is C13H24O5. The van der Waals surface area contributed by atoms with E-state index in [1.807, 2.05) is 34.6 Å². The van der Waals surface area contributed by atoms with Crippen LogP contribution >= 0.6 is 0 Å². The zero-order chi connectivity index (χ0) is 14.3. The van der Waals surface area contributed by atoms with Crippen molar-refractivity contribution in [1.82, 2.24) is 0 Å². The number of ketones is 1. The first-order valence-electron chi connectivity index (χ1n) is 6.27. The van der Waals surface area contributed by atoms with Gasteiger partial charge in [0, 0.05) is 5.92 Å². The SMILES string of the molecule is CC.COC=O.C[C@@H]1C[C@H]2OC(C)(C)O[C@H]2C1=O. The third kappa shape index (κ3) is 4.38. The molecule has 0 radical (unpaired) electrons. The van der Waals surface area contributed by atoms with Gasteiger partial charge in [0.25, 0.3) is 6.47 Å². The molecule has 0 bridgehead atoms. The van der Waals surface area contributed by atoms with Gasteiger partial charge in [0.1, 0.15) is 6.10 Å². The van der Waals surface area contributed by atoms with Crippen molar-refractivity contribution in [3.8, 4) is 0 Å². The molecule has 2 rings (SSSR count). The molecule has 5 heteroatoms. The smallest absolute Gasteiger partial charge is 0.292 e. The molecule has 18 heavy (non-hydrogen) atoms. The van der Waals surface area contributed by atoms with Crippen molar-refractivity contribution < 1.29 is 23.8 Å². The van der Waals surface area contributed by atoms with E-state index < -0.39 is 5.79 Å². The summed E-state index contributed by atoms with van der Waals surface area (Å²) in [5.41, 5.74) is 0. The number of fused-ring (bicyclic) bond motifs is 1. The quantitative estimate of drug-likeness (QED) is 0.674. The highest BCUT2D eigenvalue weighted by atomic mass is 16.8. The van der Waals surface area contributed by atoms with Crippen LogP contribution in [0.3, 0.4) is 0 Å². The van der Waals surface area contributed by atoms with Crippen molar-refractivity contribution in [2.75, 3.05) is 7.11 Å². The van der Waals surface area contributed by atoms with Crippen LogP contribution in [-0.2, 0) is 23.8 Å². The Morgan fingerprint density at radius 3 is 2.22 bits per heavy atom. The maximum absolute atomic E-state index is 11.5. The fourth-order valence-corrected chi connectivity index (χ4v) is 1.99. The zero-order valence-corrected chi connectivity index (χ0v) is 12.1. The number of methoxy groups -OCH3 is 1. The van der Waals surface area contributed by atoms with Crippen LogP contribution in [0.4, 0.5) is 0 Å². The predicted molar refractivity (Wildman–Crippen MR) is 67.0 cm³/mol. The van der Waals surface area contributed by atoms with E-state index >= 15 is 0 Å². The first kappa shape index (κ1) is 17.1. The Labute approximate surface area is 109 Å². The monoisotopic (exact) mass is 260 g/mol. The highest BCUT2D eigenvalue weighted by Crippen LogP contribution is 2.38. The van der Waals surface area contributed by atoms with Gasteiger partial charge in [0.2, 0.25) is 0 Å². The van der Waals surface area contributed by atoms with Gasteiger partial charge in [-0.3, -0.25) is 9.59 Å². The number of carbonyl (C=O) groups excluding carboxylic acids is 2. The molecule has 0 spiro atoms. The lowest BCUT2D eigenvalue weighted by atomic mass is 10.1. The molecule has 2 fully saturated rings. The molecule has 0 aromatic rings. The summed E-state index contributed by atoms with van der Waals surface area (Å²) in [6.45, 7) is 10.0. The lowest BCUT2D eigenvalue weighted by Crippen LogP contribution is -2.27. The van der Waals surface area contributed by atoms with E-state index in [4.69, 9.17) is 14.3 Å². The number of Topliss-reactive ketones (excluding diaryl/α,β-unsaturated/α-hetero) is 1. The van der Waals surface area contributed by atoms with Crippen LogP contribution in [0.2, 0.25) is 0 Å². The lowest BCUT2D eigenvalue weighted by molar-refractivity contribution is -0.162. The average Bonchev–Trinajstić information content (AvgIpc) is 2.77. The Morgan fingerprint density at radius 2 is 1.83 bits per heavy atom. The largest absolute Gasteiger partial charge is 0.471 e. The number of carbonyl (C=O) groups is 2. The summed E-state index contributed by atoms with van der Waals surface area (Å²) in [6.07, 6.45) is 0.518. The summed E-state index contributed by atoms with van der Waals surface area (Å²) < 4.78 is 14.9. The summed E-state index contributed by atoms with van der Waals surface area (Å²) in [5, 5.41) is 0. The van der Waals surface area contributed by atoms with Crippen molar-refractivity contribution in [1.29, 1.82) is 0 Å². The van der Waals surface area contributed by atoms with Crippen LogP contribution in [0.15, 0.2) is 0 Å². The van der Waals surface area contributed by atoms with E-state index in [1.54, 1.807) is 0 Å². The van der Waals surface area contributed by atoms with Gasteiger partial charge >= 0.3 is 0 Å². The minimum atomic E-state index is -0.564. The van der Waals surface area contributed by atoms with Gasteiger partial charge < -0.3 is 14.2 Å². The van der Waals surface area contributed by atoms with Crippen molar-refractivity contribution in [2.45, 2.75) is 59.0 Å². The third-order valence-electron chi connectivity index (χ3n) is 2.63. The summed E-state index contributed by atoms with van der Waals surface area (Å²) in [7, 11) is 1.31. The molecular weight excluding hydrogens is 236 g/mol. The summed E-state index contributed by atoms with van der Waals surface area (Å²) in [4.78, 5) is 20.4. The topological polar surface area (TPSA) is 61.8 Å². The second-order valence-electron chi connectivity index (χ2n) is 4.47. The van der Waals surface area contributed by atoms with E-state index in [9.17, 15) is 4.79 Å². The Morgan fingerprint density at radius 1 is 1.33 bits per heavy atom. The minimum Gasteiger partial charge on any atom is -0.471 e. The molecule has 0 amide bonds. The summed E-state index contributed by atoms with van der Waals surface area (Å²) in [5.74, 6) is -0.257. The van der Waals surface area contributed by atoms with Crippen LogP contribution < -0.4 is 0 Å². The fourth-order valence-electron chi connectivity index (χ4n) is 1.99. The number of hydrogen-bond donors (Lipinski definition) is 0. The van der Waals surface area contributed by atoms with Gasteiger partial charge in [-0.15, -0.1) is 0 Å². The first-order chi connectivity index (χ1) is 8.41. The Kier molecular flexibility index (Phi) is 7.09. The van der Waals surface area contributed by atoms with Gasteiger partial charge in [-0.1, -0.05) is 20.8 Å². The maximum Gasteiger partial charge on any atom is 0.292 e.